The van der Waals surface area contributed by atoms with Gasteiger partial charge < -0.3 is 5.11 Å². The standard InChI is InChI=1S/C15H11NO5/c1-9-4-2-3-5-11(9)14(17)12-7-6-10(16(20)21)8-13(12)15(18)19/h2-8H,1H3,(H,18,19). The highest BCUT2D eigenvalue weighted by Gasteiger charge is 2.22. The van der Waals surface area contributed by atoms with E-state index in [1.165, 1.54) is 6.07 Å². The molecule has 6 nitrogen and oxygen atoms in total. The Balaban J connectivity index is 2.58. The highest BCUT2D eigenvalue weighted by Crippen LogP contribution is 2.22. The number of carboxylic acid groups (broad SMARTS) is 1. The van der Waals surface area contributed by atoms with E-state index in [1.807, 2.05) is 0 Å². The second-order valence-electron chi connectivity index (χ2n) is 4.44. The molecule has 0 bridgehead atoms. The van der Waals surface area contributed by atoms with Crippen LogP contribution in [0.25, 0.3) is 0 Å². The zero-order valence-electron chi connectivity index (χ0n) is 11.1. The lowest BCUT2D eigenvalue weighted by atomic mass is 9.95. The molecule has 2 aromatic rings. The van der Waals surface area contributed by atoms with Gasteiger partial charge in [0.15, 0.2) is 5.78 Å². The molecular weight excluding hydrogens is 274 g/mol. The molecule has 0 saturated carbocycles. The van der Waals surface area contributed by atoms with E-state index < -0.39 is 16.7 Å². The van der Waals surface area contributed by atoms with Crippen LogP contribution in [0.4, 0.5) is 5.69 Å². The number of aryl methyl sites for hydroxylation is 1. The number of nitrogens with zero attached hydrogens (tertiary/aromatic N) is 1. The maximum absolute atomic E-state index is 12.4. The molecule has 1 N–H and O–H groups in total. The fourth-order valence-electron chi connectivity index (χ4n) is 1.99. The van der Waals surface area contributed by atoms with Crippen molar-refractivity contribution in [1.29, 1.82) is 0 Å². The number of non-ortho nitro benzene ring substituents is 1. The molecule has 0 unspecified atom stereocenters. The minimum atomic E-state index is -1.38. The predicted molar refractivity (Wildman–Crippen MR) is 74.7 cm³/mol. The molecule has 0 atom stereocenters. The number of rotatable bonds is 4. The molecule has 106 valence electrons. The van der Waals surface area contributed by atoms with Crippen molar-refractivity contribution >= 4 is 17.4 Å². The molecule has 0 heterocycles. The van der Waals surface area contributed by atoms with Crippen LogP contribution < -0.4 is 0 Å². The second kappa shape index (κ2) is 5.54. The van der Waals surface area contributed by atoms with E-state index in [-0.39, 0.29) is 16.8 Å². The van der Waals surface area contributed by atoms with Crippen molar-refractivity contribution in [2.24, 2.45) is 0 Å². The van der Waals surface area contributed by atoms with Gasteiger partial charge >= 0.3 is 5.97 Å². The topological polar surface area (TPSA) is 97.5 Å². The van der Waals surface area contributed by atoms with E-state index in [9.17, 15) is 19.7 Å². The van der Waals surface area contributed by atoms with Gasteiger partial charge in [0.25, 0.3) is 5.69 Å². The lowest BCUT2D eigenvalue weighted by Crippen LogP contribution is -2.11. The van der Waals surface area contributed by atoms with Crippen molar-refractivity contribution in [3.05, 3.63) is 74.8 Å². The first kappa shape index (κ1) is 14.4. The molecule has 0 aliphatic heterocycles. The number of ketones is 1. The fraction of sp³-hybridized carbons (Fsp3) is 0.0667. The lowest BCUT2D eigenvalue weighted by molar-refractivity contribution is -0.384. The van der Waals surface area contributed by atoms with E-state index in [0.717, 1.165) is 12.1 Å². The summed E-state index contributed by atoms with van der Waals surface area (Å²) in [6, 6.07) is 9.96. The average Bonchev–Trinajstić information content (AvgIpc) is 2.46. The summed E-state index contributed by atoms with van der Waals surface area (Å²) in [6.45, 7) is 1.74. The summed E-state index contributed by atoms with van der Waals surface area (Å²) in [5.74, 6) is -1.85. The zero-order valence-corrected chi connectivity index (χ0v) is 11.1. The first-order valence-corrected chi connectivity index (χ1v) is 6.04. The number of hydrogen-bond donors (Lipinski definition) is 1. The zero-order chi connectivity index (χ0) is 15.6. The molecule has 21 heavy (non-hydrogen) atoms. The quantitative estimate of drug-likeness (QED) is 0.529. The Hall–Kier alpha value is -3.02. The molecule has 0 fully saturated rings. The van der Waals surface area contributed by atoms with E-state index in [1.54, 1.807) is 31.2 Å². The number of benzene rings is 2. The van der Waals surface area contributed by atoms with Crippen LogP contribution in [0, 0.1) is 17.0 Å². The molecule has 0 saturated heterocycles. The van der Waals surface area contributed by atoms with Crippen LogP contribution in [-0.2, 0) is 0 Å². The van der Waals surface area contributed by atoms with Gasteiger partial charge in [-0.15, -0.1) is 0 Å². The van der Waals surface area contributed by atoms with Crippen molar-refractivity contribution in [2.75, 3.05) is 0 Å². The normalized spacial score (nSPS) is 10.1. The first-order valence-electron chi connectivity index (χ1n) is 6.04. The highest BCUT2D eigenvalue weighted by atomic mass is 16.6. The number of hydrogen-bond acceptors (Lipinski definition) is 4. The Morgan fingerprint density at radius 3 is 2.29 bits per heavy atom. The third kappa shape index (κ3) is 2.79. The molecule has 2 rings (SSSR count). The minimum Gasteiger partial charge on any atom is -0.478 e. The Morgan fingerprint density at radius 2 is 1.71 bits per heavy atom. The number of carbonyl (C=O) groups excluding carboxylic acids is 1. The fourth-order valence-corrected chi connectivity index (χ4v) is 1.99. The lowest BCUT2D eigenvalue weighted by Gasteiger charge is -2.07. The largest absolute Gasteiger partial charge is 0.478 e. The number of nitro groups is 1. The Morgan fingerprint density at radius 1 is 1.05 bits per heavy atom. The number of carboxylic acids is 1. The van der Waals surface area contributed by atoms with E-state index in [2.05, 4.69) is 0 Å². The third-order valence-corrected chi connectivity index (χ3v) is 3.08. The predicted octanol–water partition coefficient (Wildman–Crippen LogP) is 2.83. The smallest absolute Gasteiger partial charge is 0.336 e. The number of aromatic carboxylic acids is 1. The van der Waals surface area contributed by atoms with Crippen LogP contribution in [0.1, 0.15) is 31.8 Å². The molecule has 6 heteroatoms. The van der Waals surface area contributed by atoms with Gasteiger partial charge in [-0.1, -0.05) is 24.3 Å². The number of carbonyl (C=O) groups is 2. The molecule has 0 radical (unpaired) electrons. The van der Waals surface area contributed by atoms with Crippen LogP contribution in [0.2, 0.25) is 0 Å². The highest BCUT2D eigenvalue weighted by molar-refractivity contribution is 6.15. The average molecular weight is 285 g/mol. The van der Waals surface area contributed by atoms with Gasteiger partial charge in [0.1, 0.15) is 0 Å². The van der Waals surface area contributed by atoms with Gasteiger partial charge in [-0.25, -0.2) is 4.79 Å². The van der Waals surface area contributed by atoms with E-state index in [4.69, 9.17) is 5.11 Å². The first-order chi connectivity index (χ1) is 9.91. The molecule has 0 spiro atoms. The third-order valence-electron chi connectivity index (χ3n) is 3.08. The van der Waals surface area contributed by atoms with Gasteiger partial charge in [0, 0.05) is 23.3 Å². The van der Waals surface area contributed by atoms with Crippen molar-refractivity contribution in [3.63, 3.8) is 0 Å². The van der Waals surface area contributed by atoms with Gasteiger partial charge in [0.05, 0.1) is 10.5 Å². The molecule has 2 aromatic carbocycles. The SMILES string of the molecule is Cc1ccccc1C(=O)c1ccc([N+](=O)[O-])cc1C(=O)O. The Labute approximate surface area is 119 Å². The Bertz CT molecular complexity index is 751. The van der Waals surface area contributed by atoms with Gasteiger partial charge in [0.2, 0.25) is 0 Å². The van der Waals surface area contributed by atoms with Crippen LogP contribution in [0.5, 0.6) is 0 Å². The van der Waals surface area contributed by atoms with E-state index in [0.29, 0.717) is 11.1 Å². The second-order valence-corrected chi connectivity index (χ2v) is 4.44. The molecular formula is C15H11NO5. The summed E-state index contributed by atoms with van der Waals surface area (Å²) in [5, 5.41) is 19.9. The van der Waals surface area contributed by atoms with Crippen LogP contribution in [0.15, 0.2) is 42.5 Å². The summed E-state index contributed by atoms with van der Waals surface area (Å²) >= 11 is 0. The summed E-state index contributed by atoms with van der Waals surface area (Å²) < 4.78 is 0. The molecule has 0 amide bonds. The number of nitro benzene ring substituents is 1. The van der Waals surface area contributed by atoms with Crippen LogP contribution in [0.3, 0.4) is 0 Å². The van der Waals surface area contributed by atoms with Gasteiger partial charge in [-0.3, -0.25) is 14.9 Å². The summed E-state index contributed by atoms with van der Waals surface area (Å²) in [6.07, 6.45) is 0. The van der Waals surface area contributed by atoms with Gasteiger partial charge in [-0.2, -0.15) is 0 Å². The van der Waals surface area contributed by atoms with Crippen molar-refractivity contribution in [1.82, 2.24) is 0 Å². The maximum Gasteiger partial charge on any atom is 0.336 e. The minimum absolute atomic E-state index is 0.0672. The van der Waals surface area contributed by atoms with Crippen molar-refractivity contribution in [2.45, 2.75) is 6.92 Å². The van der Waals surface area contributed by atoms with Gasteiger partial charge in [-0.05, 0) is 18.6 Å². The van der Waals surface area contributed by atoms with Crippen molar-refractivity contribution < 1.29 is 19.6 Å². The van der Waals surface area contributed by atoms with Crippen LogP contribution >= 0.6 is 0 Å². The molecule has 0 aliphatic rings. The van der Waals surface area contributed by atoms with E-state index >= 15 is 0 Å². The maximum atomic E-state index is 12.4. The Kier molecular flexibility index (Phi) is 3.80. The monoisotopic (exact) mass is 285 g/mol. The molecule has 0 aliphatic carbocycles. The molecule has 0 aromatic heterocycles. The van der Waals surface area contributed by atoms with Crippen LogP contribution in [-0.4, -0.2) is 21.8 Å². The van der Waals surface area contributed by atoms with Crippen molar-refractivity contribution in [3.8, 4) is 0 Å². The summed E-state index contributed by atoms with van der Waals surface area (Å²) in [5.41, 5.74) is 0.264. The summed E-state index contributed by atoms with van der Waals surface area (Å²) in [7, 11) is 0. The summed E-state index contributed by atoms with van der Waals surface area (Å²) in [4.78, 5) is 33.7.